The van der Waals surface area contributed by atoms with Gasteiger partial charge in [-0.1, -0.05) is 26.0 Å². The maximum Gasteiger partial charge on any atom is 0.173 e. The predicted molar refractivity (Wildman–Crippen MR) is 104 cm³/mol. The van der Waals surface area contributed by atoms with Crippen LogP contribution >= 0.6 is 0 Å². The van der Waals surface area contributed by atoms with Crippen LogP contribution in [0.5, 0.6) is 17.2 Å². The van der Waals surface area contributed by atoms with Crippen molar-refractivity contribution in [1.82, 2.24) is 0 Å². The minimum atomic E-state index is -0.419. The first kappa shape index (κ1) is 22.7. The summed E-state index contributed by atoms with van der Waals surface area (Å²) in [6, 6.07) is 2.46. The molecule has 0 spiro atoms. The molecule has 150 valence electrons. The van der Waals surface area contributed by atoms with Crippen molar-refractivity contribution < 1.29 is 29.9 Å². The number of ether oxygens (including phenoxy) is 1. The largest absolute Gasteiger partial charge is 0.508 e. The third kappa shape index (κ3) is 6.73. The average molecular weight is 378 g/mol. The number of carbonyl (C=O) groups excluding carboxylic acids is 1. The molecule has 0 saturated carbocycles. The first-order valence-electron chi connectivity index (χ1n) is 9.05. The quantitative estimate of drug-likeness (QED) is 0.220. The molecule has 0 unspecified atom stereocenters. The van der Waals surface area contributed by atoms with E-state index in [1.165, 1.54) is 6.07 Å². The molecule has 0 aliphatic rings. The Balaban J connectivity index is 2.84. The van der Waals surface area contributed by atoms with Crippen LogP contribution in [0, 0.1) is 5.92 Å². The Labute approximate surface area is 160 Å². The van der Waals surface area contributed by atoms with Crippen molar-refractivity contribution in [3.05, 3.63) is 41.5 Å². The van der Waals surface area contributed by atoms with E-state index in [0.717, 1.165) is 17.2 Å². The molecule has 0 aliphatic heterocycles. The van der Waals surface area contributed by atoms with Crippen molar-refractivity contribution in [2.45, 2.75) is 53.1 Å². The molecule has 0 amide bonds. The normalized spacial score (nSPS) is 13.9. The Bertz CT molecular complexity index is 692. The maximum absolute atomic E-state index is 12.5. The third-order valence-corrected chi connectivity index (χ3v) is 4.52. The van der Waals surface area contributed by atoms with Gasteiger partial charge in [-0.3, -0.25) is 10.1 Å². The number of ketones is 1. The molecule has 0 saturated heterocycles. The van der Waals surface area contributed by atoms with Crippen LogP contribution in [-0.4, -0.2) is 34.0 Å². The molecular formula is C21H30O6. The Morgan fingerprint density at radius 3 is 2.52 bits per heavy atom. The highest BCUT2D eigenvalue weighted by molar-refractivity contribution is 6.02. The van der Waals surface area contributed by atoms with Crippen LogP contribution < -0.4 is 4.74 Å². The smallest absolute Gasteiger partial charge is 0.173 e. The number of phenols is 2. The van der Waals surface area contributed by atoms with Gasteiger partial charge in [-0.05, 0) is 44.8 Å². The second kappa shape index (κ2) is 10.7. The zero-order valence-corrected chi connectivity index (χ0v) is 16.5. The van der Waals surface area contributed by atoms with Crippen molar-refractivity contribution >= 4 is 5.78 Å². The Kier molecular flexibility index (Phi) is 9.05. The fourth-order valence-corrected chi connectivity index (χ4v) is 2.50. The van der Waals surface area contributed by atoms with Gasteiger partial charge in [0.05, 0.1) is 0 Å². The molecule has 0 heterocycles. The second-order valence-corrected chi connectivity index (χ2v) is 6.85. The highest BCUT2D eigenvalue weighted by Crippen LogP contribution is 2.35. The van der Waals surface area contributed by atoms with Gasteiger partial charge in [0.15, 0.2) is 5.78 Å². The number of allylic oxidation sites excluding steroid dienone is 1. The van der Waals surface area contributed by atoms with E-state index in [9.17, 15) is 15.0 Å². The molecule has 0 aliphatic carbocycles. The Morgan fingerprint density at radius 2 is 1.96 bits per heavy atom. The second-order valence-electron chi connectivity index (χ2n) is 6.85. The first-order valence-corrected chi connectivity index (χ1v) is 9.05. The zero-order valence-electron chi connectivity index (χ0n) is 16.5. The highest BCUT2D eigenvalue weighted by atomic mass is 17.1. The van der Waals surface area contributed by atoms with E-state index in [4.69, 9.17) is 9.99 Å². The summed E-state index contributed by atoms with van der Waals surface area (Å²) in [7, 11) is 0. The van der Waals surface area contributed by atoms with Crippen molar-refractivity contribution in [3.8, 4) is 17.2 Å². The van der Waals surface area contributed by atoms with E-state index < -0.39 is 6.10 Å². The van der Waals surface area contributed by atoms with E-state index >= 15 is 0 Å². The lowest BCUT2D eigenvalue weighted by Crippen LogP contribution is -2.13. The van der Waals surface area contributed by atoms with E-state index in [1.807, 2.05) is 19.9 Å². The summed E-state index contributed by atoms with van der Waals surface area (Å²) >= 11 is 0. The predicted octanol–water partition coefficient (Wildman–Crippen LogP) is 4.87. The maximum atomic E-state index is 12.5. The van der Waals surface area contributed by atoms with Gasteiger partial charge in [-0.2, -0.15) is 0 Å². The molecule has 0 fully saturated rings. The van der Waals surface area contributed by atoms with Crippen molar-refractivity contribution in [2.24, 2.45) is 5.92 Å². The van der Waals surface area contributed by atoms with E-state index in [2.05, 4.69) is 11.5 Å². The SMILES string of the molecule is C=C(C)[C@@H](CCC(C)=CCOc1cc(O)cc(O)c1C(=O)[C@H](C)CC)OO. The van der Waals surface area contributed by atoms with Crippen molar-refractivity contribution in [3.63, 3.8) is 0 Å². The van der Waals surface area contributed by atoms with Crippen LogP contribution in [-0.2, 0) is 4.89 Å². The van der Waals surface area contributed by atoms with Crippen molar-refractivity contribution in [2.75, 3.05) is 6.61 Å². The summed E-state index contributed by atoms with van der Waals surface area (Å²) in [4.78, 5) is 16.9. The number of hydrogen-bond acceptors (Lipinski definition) is 6. The molecule has 0 aromatic heterocycles. The molecule has 1 aromatic rings. The number of carbonyl (C=O) groups is 1. The van der Waals surface area contributed by atoms with E-state index in [0.29, 0.717) is 19.3 Å². The molecule has 0 bridgehead atoms. The number of Topliss-reactive ketones (excluding diaryl/α,β-unsaturated/α-hetero) is 1. The van der Waals surface area contributed by atoms with Gasteiger partial charge in [0, 0.05) is 18.1 Å². The van der Waals surface area contributed by atoms with Gasteiger partial charge in [0.1, 0.15) is 35.5 Å². The minimum absolute atomic E-state index is 0.0872. The summed E-state index contributed by atoms with van der Waals surface area (Å²) < 4.78 is 5.65. The van der Waals surface area contributed by atoms with Crippen LogP contribution in [0.1, 0.15) is 57.3 Å². The zero-order chi connectivity index (χ0) is 20.6. The van der Waals surface area contributed by atoms with Gasteiger partial charge < -0.3 is 14.9 Å². The molecule has 27 heavy (non-hydrogen) atoms. The lowest BCUT2D eigenvalue weighted by atomic mass is 9.95. The van der Waals surface area contributed by atoms with Crippen LogP contribution in [0.2, 0.25) is 0 Å². The fraction of sp³-hybridized carbons (Fsp3) is 0.476. The molecule has 0 radical (unpaired) electrons. The Morgan fingerprint density at radius 1 is 1.30 bits per heavy atom. The van der Waals surface area contributed by atoms with E-state index in [1.54, 1.807) is 13.8 Å². The summed E-state index contributed by atoms with van der Waals surface area (Å²) in [6.07, 6.45) is 3.31. The monoisotopic (exact) mass is 378 g/mol. The van der Waals surface area contributed by atoms with Gasteiger partial charge in [-0.25, -0.2) is 4.89 Å². The minimum Gasteiger partial charge on any atom is -0.508 e. The Hall–Kier alpha value is -2.31. The summed E-state index contributed by atoms with van der Waals surface area (Å²) in [5.74, 6) is -0.804. The average Bonchev–Trinajstić information content (AvgIpc) is 2.60. The van der Waals surface area contributed by atoms with Gasteiger partial charge >= 0.3 is 0 Å². The van der Waals surface area contributed by atoms with Crippen molar-refractivity contribution in [1.29, 1.82) is 0 Å². The molecule has 6 heteroatoms. The summed E-state index contributed by atoms with van der Waals surface area (Å²) in [5.41, 5.74) is 1.84. The molecular weight excluding hydrogens is 348 g/mol. The van der Waals surface area contributed by atoms with E-state index in [-0.39, 0.29) is 41.1 Å². The first-order chi connectivity index (χ1) is 12.7. The van der Waals surface area contributed by atoms with Gasteiger partial charge in [-0.15, -0.1) is 0 Å². The lowest BCUT2D eigenvalue weighted by molar-refractivity contribution is -0.269. The number of aromatic hydroxyl groups is 2. The van der Waals surface area contributed by atoms with Crippen LogP contribution in [0.4, 0.5) is 0 Å². The third-order valence-electron chi connectivity index (χ3n) is 4.52. The summed E-state index contributed by atoms with van der Waals surface area (Å²) in [5, 5.41) is 28.7. The summed E-state index contributed by atoms with van der Waals surface area (Å²) in [6.45, 7) is 11.3. The number of phenolic OH excluding ortho intramolecular Hbond substituents is 2. The number of rotatable bonds is 11. The molecule has 6 nitrogen and oxygen atoms in total. The van der Waals surface area contributed by atoms with Gasteiger partial charge in [0.25, 0.3) is 0 Å². The van der Waals surface area contributed by atoms with Crippen LogP contribution in [0.15, 0.2) is 35.9 Å². The van der Waals surface area contributed by atoms with Crippen LogP contribution in [0.25, 0.3) is 0 Å². The standard InChI is InChI=1S/C21H30O6/c1-6-15(5)21(24)20-17(23)11-16(22)12-19(20)26-10-9-14(4)7-8-18(27-25)13(2)3/h9,11-12,15,18,22-23,25H,2,6-8,10H2,1,3-5H3/t15-,18-/m1/s1. The molecule has 1 aromatic carbocycles. The van der Waals surface area contributed by atoms with Gasteiger partial charge in [0.2, 0.25) is 0 Å². The number of benzene rings is 1. The number of hydrogen-bond donors (Lipinski definition) is 3. The van der Waals surface area contributed by atoms with Crippen LogP contribution in [0.3, 0.4) is 0 Å². The fourth-order valence-electron chi connectivity index (χ4n) is 2.50. The highest BCUT2D eigenvalue weighted by Gasteiger charge is 2.23. The lowest BCUT2D eigenvalue weighted by Gasteiger charge is -2.15. The topological polar surface area (TPSA) is 96.2 Å². The molecule has 1 rings (SSSR count). The molecule has 3 N–H and O–H groups in total. The molecule has 2 atom stereocenters.